The van der Waals surface area contributed by atoms with E-state index in [-0.39, 0.29) is 5.91 Å². The van der Waals surface area contributed by atoms with Gasteiger partial charge < -0.3 is 14.2 Å². The number of benzene rings is 3. The number of hydrogen-bond acceptors (Lipinski definition) is 6. The van der Waals surface area contributed by atoms with E-state index in [2.05, 4.69) is 4.98 Å². The molecule has 0 spiro atoms. The molecular formula is C25H22N2O4S. The lowest BCUT2D eigenvalue weighted by atomic mass is 10.2. The van der Waals surface area contributed by atoms with Crippen LogP contribution in [0.4, 0.5) is 10.8 Å². The van der Waals surface area contributed by atoms with Crippen LogP contribution in [-0.2, 0) is 4.79 Å². The van der Waals surface area contributed by atoms with E-state index in [0.29, 0.717) is 28.1 Å². The second-order valence-corrected chi connectivity index (χ2v) is 7.80. The molecule has 0 N–H and O–H groups in total. The molecule has 32 heavy (non-hydrogen) atoms. The fourth-order valence-electron chi connectivity index (χ4n) is 3.24. The monoisotopic (exact) mass is 446 g/mol. The number of rotatable bonds is 7. The molecule has 0 saturated carbocycles. The maximum absolute atomic E-state index is 13.4. The quantitative estimate of drug-likeness (QED) is 0.341. The molecule has 0 atom stereocenters. The molecule has 162 valence electrons. The summed E-state index contributed by atoms with van der Waals surface area (Å²) < 4.78 is 17.0. The highest BCUT2D eigenvalue weighted by atomic mass is 32.1. The number of amides is 1. The van der Waals surface area contributed by atoms with Crippen LogP contribution >= 0.6 is 11.3 Å². The van der Waals surface area contributed by atoms with Gasteiger partial charge in [0.1, 0.15) is 5.75 Å². The van der Waals surface area contributed by atoms with Crippen molar-refractivity contribution in [1.82, 2.24) is 4.98 Å². The summed E-state index contributed by atoms with van der Waals surface area (Å²) in [6.45, 7) is 0. The Morgan fingerprint density at radius 3 is 2.47 bits per heavy atom. The first-order valence-electron chi connectivity index (χ1n) is 9.86. The average molecular weight is 447 g/mol. The third kappa shape index (κ3) is 4.43. The summed E-state index contributed by atoms with van der Waals surface area (Å²) in [5, 5.41) is 0.585. The van der Waals surface area contributed by atoms with Gasteiger partial charge in [-0.15, -0.1) is 0 Å². The lowest BCUT2D eigenvalue weighted by Crippen LogP contribution is -2.23. The number of carbonyl (C=O) groups is 1. The first-order chi connectivity index (χ1) is 15.6. The molecule has 1 heterocycles. The highest BCUT2D eigenvalue weighted by Crippen LogP contribution is 2.35. The lowest BCUT2D eigenvalue weighted by molar-refractivity contribution is -0.113. The Kier molecular flexibility index (Phi) is 6.37. The number of carbonyl (C=O) groups excluding carboxylic acids is 1. The molecule has 0 unspecified atom stereocenters. The molecule has 0 bridgehead atoms. The molecule has 7 heteroatoms. The summed E-state index contributed by atoms with van der Waals surface area (Å²) in [7, 11) is 4.76. The Bertz CT molecular complexity index is 1250. The number of fused-ring (bicyclic) bond motifs is 1. The van der Waals surface area contributed by atoms with Crippen LogP contribution in [0.3, 0.4) is 0 Å². The van der Waals surface area contributed by atoms with E-state index in [1.54, 1.807) is 38.4 Å². The highest BCUT2D eigenvalue weighted by Gasteiger charge is 2.20. The van der Waals surface area contributed by atoms with Gasteiger partial charge in [0.05, 0.1) is 37.2 Å². The van der Waals surface area contributed by atoms with Crippen LogP contribution in [0.2, 0.25) is 0 Å². The minimum absolute atomic E-state index is 0.230. The van der Waals surface area contributed by atoms with E-state index in [0.717, 1.165) is 15.8 Å². The van der Waals surface area contributed by atoms with Crippen molar-refractivity contribution in [2.24, 2.45) is 0 Å². The number of anilines is 2. The number of para-hydroxylation sites is 1. The topological polar surface area (TPSA) is 60.9 Å². The molecule has 6 nitrogen and oxygen atoms in total. The molecule has 0 aliphatic heterocycles. The molecule has 4 aromatic rings. The zero-order valence-corrected chi connectivity index (χ0v) is 18.8. The third-order valence-corrected chi connectivity index (χ3v) is 5.85. The van der Waals surface area contributed by atoms with Crippen LogP contribution < -0.4 is 19.1 Å². The number of hydrogen-bond donors (Lipinski definition) is 0. The Balaban J connectivity index is 1.72. The summed E-state index contributed by atoms with van der Waals surface area (Å²) >= 11 is 1.46. The Morgan fingerprint density at radius 2 is 1.72 bits per heavy atom. The van der Waals surface area contributed by atoms with Crippen molar-refractivity contribution >= 4 is 44.4 Å². The highest BCUT2D eigenvalue weighted by molar-refractivity contribution is 7.22. The van der Waals surface area contributed by atoms with Gasteiger partial charge in [-0.05, 0) is 48.0 Å². The first kappa shape index (κ1) is 21.4. The Hall–Kier alpha value is -3.84. The van der Waals surface area contributed by atoms with Crippen molar-refractivity contribution in [2.75, 3.05) is 26.2 Å². The second kappa shape index (κ2) is 9.53. The maximum Gasteiger partial charge on any atom is 0.257 e. The number of aromatic nitrogens is 1. The second-order valence-electron chi connectivity index (χ2n) is 6.79. The Morgan fingerprint density at radius 1 is 0.906 bits per heavy atom. The van der Waals surface area contributed by atoms with Crippen LogP contribution in [0.15, 0.2) is 72.8 Å². The van der Waals surface area contributed by atoms with E-state index in [1.807, 2.05) is 60.7 Å². The van der Waals surface area contributed by atoms with E-state index in [4.69, 9.17) is 14.2 Å². The number of thiazole rings is 1. The van der Waals surface area contributed by atoms with Gasteiger partial charge in [-0.1, -0.05) is 35.6 Å². The number of methoxy groups -OCH3 is 3. The summed E-state index contributed by atoms with van der Waals surface area (Å²) in [5.41, 5.74) is 2.33. The van der Waals surface area contributed by atoms with Gasteiger partial charge in [-0.25, -0.2) is 4.98 Å². The average Bonchev–Trinajstić information content (AvgIpc) is 3.26. The summed E-state index contributed by atoms with van der Waals surface area (Å²) in [4.78, 5) is 19.7. The standard InChI is InChI=1S/C25H22N2O4S/c1-29-19-8-6-7-18(16-19)27(25-26-20-9-4-5-10-23(20)32-25)24(28)14-12-17-11-13-21(30-2)22(15-17)31-3/h4-16H,1-3H3/b14-12+. The molecule has 0 saturated heterocycles. The predicted octanol–water partition coefficient (Wildman–Crippen LogP) is 5.70. The van der Waals surface area contributed by atoms with Crippen LogP contribution in [-0.4, -0.2) is 32.2 Å². The number of ether oxygens (including phenoxy) is 3. The summed E-state index contributed by atoms with van der Waals surface area (Å²) in [6, 6.07) is 20.6. The molecular weight excluding hydrogens is 424 g/mol. The van der Waals surface area contributed by atoms with E-state index in [9.17, 15) is 4.79 Å². The van der Waals surface area contributed by atoms with Crippen molar-refractivity contribution in [3.8, 4) is 17.2 Å². The van der Waals surface area contributed by atoms with Gasteiger partial charge >= 0.3 is 0 Å². The molecule has 0 aliphatic carbocycles. The van der Waals surface area contributed by atoms with Crippen molar-refractivity contribution in [1.29, 1.82) is 0 Å². The number of nitrogens with zero attached hydrogens (tertiary/aromatic N) is 2. The largest absolute Gasteiger partial charge is 0.497 e. The lowest BCUT2D eigenvalue weighted by Gasteiger charge is -2.19. The van der Waals surface area contributed by atoms with Crippen molar-refractivity contribution < 1.29 is 19.0 Å². The molecule has 1 amide bonds. The molecule has 1 aromatic heterocycles. The van der Waals surface area contributed by atoms with E-state index < -0.39 is 0 Å². The van der Waals surface area contributed by atoms with E-state index in [1.165, 1.54) is 17.4 Å². The molecule has 3 aromatic carbocycles. The van der Waals surface area contributed by atoms with Crippen molar-refractivity contribution in [3.63, 3.8) is 0 Å². The molecule has 0 radical (unpaired) electrons. The zero-order chi connectivity index (χ0) is 22.5. The van der Waals surface area contributed by atoms with Crippen LogP contribution in [0.25, 0.3) is 16.3 Å². The van der Waals surface area contributed by atoms with Crippen molar-refractivity contribution in [2.45, 2.75) is 0 Å². The normalized spacial score (nSPS) is 11.0. The van der Waals surface area contributed by atoms with Crippen molar-refractivity contribution in [3.05, 3.63) is 78.4 Å². The van der Waals surface area contributed by atoms with Gasteiger partial charge in [0.2, 0.25) is 0 Å². The fourth-order valence-corrected chi connectivity index (χ4v) is 4.23. The first-order valence-corrected chi connectivity index (χ1v) is 10.7. The van der Waals surface area contributed by atoms with Crippen LogP contribution in [0.5, 0.6) is 17.2 Å². The summed E-state index contributed by atoms with van der Waals surface area (Å²) in [5.74, 6) is 1.65. The minimum Gasteiger partial charge on any atom is -0.497 e. The molecule has 4 rings (SSSR count). The minimum atomic E-state index is -0.230. The van der Waals surface area contributed by atoms with Gasteiger partial charge in [0, 0.05) is 12.1 Å². The van der Waals surface area contributed by atoms with Gasteiger partial charge in [-0.3, -0.25) is 9.69 Å². The van der Waals surface area contributed by atoms with Gasteiger partial charge in [-0.2, -0.15) is 0 Å². The predicted molar refractivity (Wildman–Crippen MR) is 128 cm³/mol. The van der Waals surface area contributed by atoms with Gasteiger partial charge in [0.15, 0.2) is 16.6 Å². The molecule has 0 fully saturated rings. The smallest absolute Gasteiger partial charge is 0.257 e. The fraction of sp³-hybridized carbons (Fsp3) is 0.120. The third-order valence-electron chi connectivity index (χ3n) is 4.83. The van der Waals surface area contributed by atoms with E-state index >= 15 is 0 Å². The zero-order valence-electron chi connectivity index (χ0n) is 17.9. The summed E-state index contributed by atoms with van der Waals surface area (Å²) in [6.07, 6.45) is 3.26. The Labute approximate surface area is 190 Å². The maximum atomic E-state index is 13.4. The van der Waals surface area contributed by atoms with Crippen LogP contribution in [0.1, 0.15) is 5.56 Å². The SMILES string of the molecule is COc1cccc(N(C(=O)/C=C/c2ccc(OC)c(OC)c2)c2nc3ccccc3s2)c1. The van der Waals surface area contributed by atoms with Crippen LogP contribution in [0, 0.1) is 0 Å². The molecule has 0 aliphatic rings. The van der Waals surface area contributed by atoms with Gasteiger partial charge in [0.25, 0.3) is 5.91 Å².